The number of carbonyl (C=O) groups excluding carboxylic acids is 2. The first-order valence-electron chi connectivity index (χ1n) is 11.1. The van der Waals surface area contributed by atoms with Crippen molar-refractivity contribution in [1.82, 2.24) is 0 Å². The molecule has 4 saturated carbocycles. The Bertz CT molecular complexity index is 715. The smallest absolute Gasteiger partial charge is 0.139 e. The Morgan fingerprint density at radius 2 is 1.82 bits per heavy atom. The molecule has 4 aliphatic rings. The second-order valence-electron chi connectivity index (χ2n) is 10.8. The molecular formula is C23H36N2O3. The van der Waals surface area contributed by atoms with Crippen molar-refractivity contribution in [2.45, 2.75) is 72.6 Å². The third kappa shape index (κ3) is 2.64. The van der Waals surface area contributed by atoms with Crippen LogP contribution in [0.4, 0.5) is 0 Å². The maximum atomic E-state index is 13.6. The molecule has 0 aromatic rings. The molecule has 0 spiro atoms. The molecule has 0 amide bonds. The van der Waals surface area contributed by atoms with Crippen LogP contribution in [0.2, 0.25) is 0 Å². The molecule has 4 fully saturated rings. The van der Waals surface area contributed by atoms with Crippen molar-refractivity contribution in [3.63, 3.8) is 0 Å². The standard InChI is InChI=1S/C23H36N2O3/c1-21(2)18(25-28-12-11-24)8-10-23(4)16-7-9-22(3)15(5-6-19(22)27)14(16)13-17(26)20(21)23/h14-16,20H,5-13,24H2,1-4H3/t14-,15-,16-,20?,22-,23+/m0/s1. The van der Waals surface area contributed by atoms with Crippen molar-refractivity contribution in [2.75, 3.05) is 13.2 Å². The van der Waals surface area contributed by atoms with Crippen LogP contribution < -0.4 is 5.73 Å². The zero-order valence-electron chi connectivity index (χ0n) is 17.9. The van der Waals surface area contributed by atoms with E-state index in [0.717, 1.165) is 37.8 Å². The Labute approximate surface area is 168 Å². The third-order valence-corrected chi connectivity index (χ3v) is 9.16. The highest BCUT2D eigenvalue weighted by atomic mass is 16.6. The van der Waals surface area contributed by atoms with Crippen molar-refractivity contribution in [1.29, 1.82) is 0 Å². The monoisotopic (exact) mass is 388 g/mol. The first-order valence-corrected chi connectivity index (χ1v) is 11.1. The van der Waals surface area contributed by atoms with Crippen LogP contribution in [0, 0.1) is 39.9 Å². The summed E-state index contributed by atoms with van der Waals surface area (Å²) in [7, 11) is 0. The topological polar surface area (TPSA) is 81.8 Å². The zero-order chi connectivity index (χ0) is 20.3. The van der Waals surface area contributed by atoms with Crippen LogP contribution >= 0.6 is 0 Å². The highest BCUT2D eigenvalue weighted by Crippen LogP contribution is 2.66. The molecule has 0 aliphatic heterocycles. The van der Waals surface area contributed by atoms with E-state index in [1.165, 1.54) is 0 Å². The van der Waals surface area contributed by atoms with Gasteiger partial charge in [0.1, 0.15) is 18.2 Å². The van der Waals surface area contributed by atoms with Crippen molar-refractivity contribution >= 4 is 17.3 Å². The maximum absolute atomic E-state index is 13.6. The van der Waals surface area contributed by atoms with Gasteiger partial charge in [-0.05, 0) is 55.3 Å². The highest BCUT2D eigenvalue weighted by molar-refractivity contribution is 5.97. The van der Waals surface area contributed by atoms with Gasteiger partial charge in [0, 0.05) is 36.1 Å². The molecule has 0 bridgehead atoms. The summed E-state index contributed by atoms with van der Waals surface area (Å²) in [6, 6.07) is 0. The fraction of sp³-hybridized carbons (Fsp3) is 0.870. The fourth-order valence-electron chi connectivity index (χ4n) is 7.87. The number of nitrogens with two attached hydrogens (primary N) is 1. The molecule has 4 aliphatic carbocycles. The minimum Gasteiger partial charge on any atom is -0.394 e. The summed E-state index contributed by atoms with van der Waals surface area (Å²) in [5.74, 6) is 2.10. The number of hydrogen-bond donors (Lipinski definition) is 1. The van der Waals surface area contributed by atoms with Gasteiger partial charge in [0.15, 0.2) is 0 Å². The first kappa shape index (κ1) is 20.1. The molecule has 0 aromatic carbocycles. The number of carbonyl (C=O) groups is 2. The maximum Gasteiger partial charge on any atom is 0.139 e. The van der Waals surface area contributed by atoms with Gasteiger partial charge in [-0.2, -0.15) is 0 Å². The molecule has 0 aromatic heterocycles. The second-order valence-corrected chi connectivity index (χ2v) is 10.8. The lowest BCUT2D eigenvalue weighted by Gasteiger charge is -2.62. The molecule has 6 atom stereocenters. The molecule has 5 heteroatoms. The number of rotatable bonds is 3. The molecule has 2 N–H and O–H groups in total. The fourth-order valence-corrected chi connectivity index (χ4v) is 7.87. The van der Waals surface area contributed by atoms with E-state index in [1.54, 1.807) is 0 Å². The SMILES string of the molecule is CC1(C)C(=NOCCN)CC[C@@]2(C)C1C(=O)C[C@@H]1[C@@H]2CC[C@]2(C)C(=O)CC[C@@H]12. The summed E-state index contributed by atoms with van der Waals surface area (Å²) >= 11 is 0. The van der Waals surface area contributed by atoms with Gasteiger partial charge in [0.2, 0.25) is 0 Å². The minimum atomic E-state index is -0.296. The lowest BCUT2D eigenvalue weighted by Crippen LogP contribution is -2.61. The number of Topliss-reactive ketones (excluding diaryl/α,β-unsaturated/α-hetero) is 2. The Morgan fingerprint density at radius 1 is 1.07 bits per heavy atom. The van der Waals surface area contributed by atoms with Gasteiger partial charge >= 0.3 is 0 Å². The van der Waals surface area contributed by atoms with E-state index < -0.39 is 0 Å². The van der Waals surface area contributed by atoms with Crippen LogP contribution in [0.1, 0.15) is 72.6 Å². The Morgan fingerprint density at radius 3 is 2.54 bits per heavy atom. The van der Waals surface area contributed by atoms with Crippen molar-refractivity contribution in [3.05, 3.63) is 0 Å². The van der Waals surface area contributed by atoms with Crippen LogP contribution in [0.25, 0.3) is 0 Å². The van der Waals surface area contributed by atoms with Crippen molar-refractivity contribution in [2.24, 2.45) is 50.8 Å². The summed E-state index contributed by atoms with van der Waals surface area (Å²) in [6.45, 7) is 9.72. The van der Waals surface area contributed by atoms with Crippen LogP contribution in [-0.2, 0) is 14.4 Å². The van der Waals surface area contributed by atoms with Gasteiger partial charge in [0.05, 0.1) is 5.71 Å². The minimum absolute atomic E-state index is 0.0106. The van der Waals surface area contributed by atoms with Crippen LogP contribution in [-0.4, -0.2) is 30.4 Å². The van der Waals surface area contributed by atoms with E-state index in [1.807, 2.05) is 0 Å². The average molecular weight is 389 g/mol. The van der Waals surface area contributed by atoms with Gasteiger partial charge in [-0.1, -0.05) is 32.9 Å². The van der Waals surface area contributed by atoms with Crippen LogP contribution in [0.15, 0.2) is 5.16 Å². The lowest BCUT2D eigenvalue weighted by molar-refractivity contribution is -0.160. The third-order valence-electron chi connectivity index (χ3n) is 9.16. The zero-order valence-corrected chi connectivity index (χ0v) is 17.9. The van der Waals surface area contributed by atoms with E-state index >= 15 is 0 Å². The van der Waals surface area contributed by atoms with Crippen molar-refractivity contribution < 1.29 is 14.4 Å². The van der Waals surface area contributed by atoms with E-state index in [-0.39, 0.29) is 22.2 Å². The predicted octanol–water partition coefficient (Wildman–Crippen LogP) is 3.74. The normalized spacial score (nSPS) is 46.1. The van der Waals surface area contributed by atoms with Gasteiger partial charge < -0.3 is 10.6 Å². The lowest BCUT2D eigenvalue weighted by atomic mass is 9.41. The van der Waals surface area contributed by atoms with E-state index in [9.17, 15) is 9.59 Å². The van der Waals surface area contributed by atoms with Gasteiger partial charge in [0.25, 0.3) is 0 Å². The van der Waals surface area contributed by atoms with E-state index in [4.69, 9.17) is 10.6 Å². The van der Waals surface area contributed by atoms with Gasteiger partial charge in [-0.25, -0.2) is 0 Å². The van der Waals surface area contributed by atoms with Crippen LogP contribution in [0.3, 0.4) is 0 Å². The number of oxime groups is 1. The second kappa shape index (κ2) is 6.65. The number of fused-ring (bicyclic) bond motifs is 5. The number of hydrogen-bond acceptors (Lipinski definition) is 5. The van der Waals surface area contributed by atoms with E-state index in [2.05, 4.69) is 32.9 Å². The summed E-state index contributed by atoms with van der Waals surface area (Å²) in [6.07, 6.45) is 6.26. The molecule has 0 radical (unpaired) electrons. The summed E-state index contributed by atoms with van der Waals surface area (Å²) in [5, 5.41) is 4.40. The average Bonchev–Trinajstić information content (AvgIpc) is 2.92. The molecule has 0 heterocycles. The van der Waals surface area contributed by atoms with Gasteiger partial charge in [-0.15, -0.1) is 0 Å². The molecular weight excluding hydrogens is 352 g/mol. The summed E-state index contributed by atoms with van der Waals surface area (Å²) < 4.78 is 0. The summed E-state index contributed by atoms with van der Waals surface area (Å²) in [5.41, 5.74) is 6.04. The molecule has 0 saturated heterocycles. The predicted molar refractivity (Wildman–Crippen MR) is 109 cm³/mol. The highest BCUT2D eigenvalue weighted by Gasteiger charge is 2.65. The summed E-state index contributed by atoms with van der Waals surface area (Å²) in [4.78, 5) is 31.6. The van der Waals surface area contributed by atoms with Crippen molar-refractivity contribution in [3.8, 4) is 0 Å². The molecule has 4 rings (SSSR count). The largest absolute Gasteiger partial charge is 0.394 e. The molecule has 1 unspecified atom stereocenters. The molecule has 5 nitrogen and oxygen atoms in total. The van der Waals surface area contributed by atoms with Crippen LogP contribution in [0.5, 0.6) is 0 Å². The Hall–Kier alpha value is -1.23. The van der Waals surface area contributed by atoms with E-state index in [0.29, 0.717) is 55.3 Å². The Balaban J connectivity index is 1.66. The quantitative estimate of drug-likeness (QED) is 0.590. The molecule has 156 valence electrons. The van der Waals surface area contributed by atoms with Gasteiger partial charge in [-0.3, -0.25) is 9.59 Å². The Kier molecular flexibility index (Phi) is 4.76. The first-order chi connectivity index (χ1) is 13.2. The molecule has 28 heavy (non-hydrogen) atoms. The number of nitrogens with zero attached hydrogens (tertiary/aromatic N) is 1. The number of ketones is 2.